The Morgan fingerprint density at radius 3 is 2.55 bits per heavy atom. The van der Waals surface area contributed by atoms with Gasteiger partial charge in [0.05, 0.1) is 12.2 Å². The Morgan fingerprint density at radius 1 is 1.13 bits per heavy atom. The molecule has 4 rings (SSSR count). The second-order valence-corrected chi connectivity index (χ2v) is 9.03. The molecule has 0 spiro atoms. The first-order valence-corrected chi connectivity index (χ1v) is 10.9. The van der Waals surface area contributed by atoms with E-state index in [0.717, 1.165) is 40.4 Å². The van der Waals surface area contributed by atoms with Crippen LogP contribution in [0, 0.1) is 27.7 Å². The van der Waals surface area contributed by atoms with E-state index in [2.05, 4.69) is 44.7 Å². The molecule has 1 aliphatic rings. The summed E-state index contributed by atoms with van der Waals surface area (Å²) >= 11 is 1.43. The van der Waals surface area contributed by atoms with Crippen molar-refractivity contribution in [3.63, 3.8) is 0 Å². The van der Waals surface area contributed by atoms with Crippen LogP contribution < -0.4 is 10.6 Å². The number of fused-ring (bicyclic) bond motifs is 1. The van der Waals surface area contributed by atoms with Crippen molar-refractivity contribution in [1.29, 1.82) is 0 Å². The Kier molecular flexibility index (Phi) is 5.88. The van der Waals surface area contributed by atoms with Gasteiger partial charge in [0.25, 0.3) is 5.91 Å². The van der Waals surface area contributed by atoms with Crippen molar-refractivity contribution in [1.82, 2.24) is 15.0 Å². The summed E-state index contributed by atoms with van der Waals surface area (Å²) in [6.07, 6.45) is 0.737. The average Bonchev–Trinajstić information content (AvgIpc) is 3.30. The predicted octanol–water partition coefficient (Wildman–Crippen LogP) is 3.61. The number of nitrogens with one attached hydrogen (secondary N) is 2. The maximum absolute atomic E-state index is 12.7. The highest BCUT2D eigenvalue weighted by Crippen LogP contribution is 2.29. The van der Waals surface area contributed by atoms with Gasteiger partial charge in [-0.05, 0) is 38.8 Å². The van der Waals surface area contributed by atoms with E-state index in [9.17, 15) is 9.59 Å². The van der Waals surface area contributed by atoms with Gasteiger partial charge in [0.2, 0.25) is 5.91 Å². The summed E-state index contributed by atoms with van der Waals surface area (Å²) in [6.45, 7) is 9.49. The first-order chi connectivity index (χ1) is 14.8. The van der Waals surface area contributed by atoms with Gasteiger partial charge >= 0.3 is 0 Å². The van der Waals surface area contributed by atoms with E-state index in [0.29, 0.717) is 24.0 Å². The first-order valence-electron chi connectivity index (χ1n) is 10.1. The minimum absolute atomic E-state index is 0.0297. The third-order valence-corrected chi connectivity index (χ3v) is 6.20. The quantitative estimate of drug-likeness (QED) is 0.630. The summed E-state index contributed by atoms with van der Waals surface area (Å²) in [7, 11) is 0. The van der Waals surface area contributed by atoms with Gasteiger partial charge in [-0.3, -0.25) is 19.8 Å². The fraction of sp³-hybridized carbons (Fsp3) is 0.364. The lowest BCUT2D eigenvalue weighted by Gasteiger charge is -2.25. The number of rotatable bonds is 5. The van der Waals surface area contributed by atoms with Gasteiger partial charge in [0.1, 0.15) is 5.76 Å². The molecule has 3 heterocycles. The molecule has 1 aliphatic heterocycles. The fourth-order valence-electron chi connectivity index (χ4n) is 3.83. The van der Waals surface area contributed by atoms with Gasteiger partial charge in [0, 0.05) is 36.1 Å². The standard InChI is InChI=1S/C22H25N5O3S/c1-12-7-13(2)20(14(3)8-12)24-19(28)11-27-6-5-16-18(10-27)31-22(23-16)25-21(29)17-9-15(4)30-26-17/h7-9H,5-6,10-11H2,1-4H3,(H,24,28)(H,23,25,29). The summed E-state index contributed by atoms with van der Waals surface area (Å²) < 4.78 is 4.95. The molecule has 9 heteroatoms. The number of hydrogen-bond donors (Lipinski definition) is 2. The third kappa shape index (κ3) is 4.83. The topological polar surface area (TPSA) is 100 Å². The summed E-state index contributed by atoms with van der Waals surface area (Å²) in [4.78, 5) is 32.6. The number of hydrogen-bond acceptors (Lipinski definition) is 7. The third-order valence-electron chi connectivity index (χ3n) is 5.20. The van der Waals surface area contributed by atoms with Crippen LogP contribution in [0.4, 0.5) is 10.8 Å². The highest BCUT2D eigenvalue weighted by molar-refractivity contribution is 7.15. The first kappa shape index (κ1) is 21.2. The number of aryl methyl sites for hydroxylation is 4. The Labute approximate surface area is 184 Å². The zero-order valence-corrected chi connectivity index (χ0v) is 18.9. The Morgan fingerprint density at radius 2 is 1.87 bits per heavy atom. The lowest BCUT2D eigenvalue weighted by atomic mass is 10.1. The molecule has 2 N–H and O–H groups in total. The number of carbonyl (C=O) groups is 2. The Balaban J connectivity index is 1.37. The minimum atomic E-state index is -0.344. The van der Waals surface area contributed by atoms with Crippen molar-refractivity contribution in [3.05, 3.63) is 56.9 Å². The highest BCUT2D eigenvalue weighted by Gasteiger charge is 2.24. The maximum Gasteiger partial charge on any atom is 0.279 e. The summed E-state index contributed by atoms with van der Waals surface area (Å²) in [5.41, 5.74) is 5.40. The van der Waals surface area contributed by atoms with Crippen molar-refractivity contribution < 1.29 is 14.1 Å². The normalized spacial score (nSPS) is 13.7. The molecule has 0 aliphatic carbocycles. The minimum Gasteiger partial charge on any atom is -0.361 e. The van der Waals surface area contributed by atoms with Gasteiger partial charge in [-0.25, -0.2) is 4.98 Å². The van der Waals surface area contributed by atoms with Crippen molar-refractivity contribution >= 4 is 34.0 Å². The number of thiazole rings is 1. The van der Waals surface area contributed by atoms with Crippen molar-refractivity contribution in [2.75, 3.05) is 23.7 Å². The molecular weight excluding hydrogens is 414 g/mol. The van der Waals surface area contributed by atoms with Crippen LogP contribution >= 0.6 is 11.3 Å². The molecule has 0 saturated carbocycles. The molecule has 0 saturated heterocycles. The average molecular weight is 440 g/mol. The van der Waals surface area contributed by atoms with Crippen LogP contribution in [-0.2, 0) is 17.8 Å². The van der Waals surface area contributed by atoms with Crippen LogP contribution in [-0.4, -0.2) is 39.9 Å². The largest absolute Gasteiger partial charge is 0.361 e. The predicted molar refractivity (Wildman–Crippen MR) is 120 cm³/mol. The summed E-state index contributed by atoms with van der Waals surface area (Å²) in [5, 5.41) is 10.1. The van der Waals surface area contributed by atoms with E-state index in [1.54, 1.807) is 13.0 Å². The molecule has 2 aromatic heterocycles. The van der Waals surface area contributed by atoms with Crippen LogP contribution in [0.15, 0.2) is 22.7 Å². The van der Waals surface area contributed by atoms with Crippen molar-refractivity contribution in [3.8, 4) is 0 Å². The van der Waals surface area contributed by atoms with Crippen LogP contribution in [0.2, 0.25) is 0 Å². The SMILES string of the molecule is Cc1cc(C)c(NC(=O)CN2CCc3nc(NC(=O)c4cc(C)on4)sc3C2)c(C)c1. The lowest BCUT2D eigenvalue weighted by Crippen LogP contribution is -2.36. The molecular formula is C22H25N5O3S. The van der Waals surface area contributed by atoms with E-state index in [-0.39, 0.29) is 17.5 Å². The van der Waals surface area contributed by atoms with Crippen LogP contribution in [0.3, 0.4) is 0 Å². The monoisotopic (exact) mass is 439 g/mol. The maximum atomic E-state index is 12.7. The van der Waals surface area contributed by atoms with E-state index in [4.69, 9.17) is 4.52 Å². The number of nitrogens with zero attached hydrogens (tertiary/aromatic N) is 3. The van der Waals surface area contributed by atoms with E-state index in [1.165, 1.54) is 16.9 Å². The number of aromatic nitrogens is 2. The molecule has 1 aromatic carbocycles. The van der Waals surface area contributed by atoms with Crippen LogP contribution in [0.25, 0.3) is 0 Å². The fourth-order valence-corrected chi connectivity index (χ4v) is 4.88. The smallest absolute Gasteiger partial charge is 0.279 e. The molecule has 0 bridgehead atoms. The zero-order chi connectivity index (χ0) is 22.1. The number of anilines is 2. The molecule has 0 radical (unpaired) electrons. The molecule has 31 heavy (non-hydrogen) atoms. The van der Waals surface area contributed by atoms with Crippen LogP contribution in [0.1, 0.15) is 43.5 Å². The Hall–Kier alpha value is -3.04. The zero-order valence-electron chi connectivity index (χ0n) is 18.0. The molecule has 2 amide bonds. The van der Waals surface area contributed by atoms with Crippen molar-refractivity contribution in [2.45, 2.75) is 40.7 Å². The second-order valence-electron chi connectivity index (χ2n) is 7.95. The molecule has 0 atom stereocenters. The summed E-state index contributed by atoms with van der Waals surface area (Å²) in [6, 6.07) is 5.73. The number of carbonyl (C=O) groups excluding carboxylic acids is 2. The second kappa shape index (κ2) is 8.60. The molecule has 162 valence electrons. The van der Waals surface area contributed by atoms with Gasteiger partial charge < -0.3 is 9.84 Å². The van der Waals surface area contributed by atoms with Gasteiger partial charge in [0.15, 0.2) is 10.8 Å². The molecule has 8 nitrogen and oxygen atoms in total. The van der Waals surface area contributed by atoms with Gasteiger partial charge in [-0.15, -0.1) is 11.3 Å². The van der Waals surface area contributed by atoms with E-state index < -0.39 is 0 Å². The van der Waals surface area contributed by atoms with Crippen LogP contribution in [0.5, 0.6) is 0 Å². The van der Waals surface area contributed by atoms with Crippen molar-refractivity contribution in [2.24, 2.45) is 0 Å². The number of benzene rings is 1. The number of amides is 2. The van der Waals surface area contributed by atoms with E-state index in [1.807, 2.05) is 13.8 Å². The molecule has 0 unspecified atom stereocenters. The Bertz CT molecular complexity index is 1130. The van der Waals surface area contributed by atoms with Gasteiger partial charge in [-0.1, -0.05) is 22.9 Å². The molecule has 0 fully saturated rings. The van der Waals surface area contributed by atoms with E-state index >= 15 is 0 Å². The van der Waals surface area contributed by atoms with Gasteiger partial charge in [-0.2, -0.15) is 0 Å². The lowest BCUT2D eigenvalue weighted by molar-refractivity contribution is -0.117. The highest BCUT2D eigenvalue weighted by atomic mass is 32.1. The summed E-state index contributed by atoms with van der Waals surface area (Å²) in [5.74, 6) is 0.203. The molecule has 3 aromatic rings.